The minimum absolute atomic E-state index is 0.00146. The van der Waals surface area contributed by atoms with Gasteiger partial charge >= 0.3 is 0 Å². The number of aryl methyl sites for hydroxylation is 1. The van der Waals surface area contributed by atoms with Crippen LogP contribution in [0.25, 0.3) is 11.1 Å². The number of nitrogens with one attached hydrogen (secondary N) is 2. The van der Waals surface area contributed by atoms with Gasteiger partial charge in [0.15, 0.2) is 11.2 Å². The molecule has 2 unspecified atom stereocenters. The summed E-state index contributed by atoms with van der Waals surface area (Å²) in [6.45, 7) is 4.18. The molecule has 5 amide bonds. The molecule has 5 aromatic rings. The summed E-state index contributed by atoms with van der Waals surface area (Å²) >= 11 is 1.27. The lowest BCUT2D eigenvalue weighted by Crippen LogP contribution is -2.73. The molecule has 15 nitrogen and oxygen atoms in total. The zero-order valence-corrected chi connectivity index (χ0v) is 36.8. The van der Waals surface area contributed by atoms with E-state index < -0.39 is 46.9 Å². The molecule has 0 saturated carbocycles. The molecule has 3 aromatic carbocycles. The summed E-state index contributed by atoms with van der Waals surface area (Å²) in [7, 11) is 0. The average Bonchev–Trinajstić information content (AvgIpc) is 4.09. The number of hydrogen-bond donors (Lipinski definition) is 3. The molecule has 0 aliphatic carbocycles. The van der Waals surface area contributed by atoms with Gasteiger partial charge < -0.3 is 29.3 Å². The molecule has 18 heteroatoms. The highest BCUT2D eigenvalue weighted by Gasteiger charge is 2.54. The molecule has 6 aliphatic heterocycles. The van der Waals surface area contributed by atoms with E-state index in [-0.39, 0.29) is 47.7 Å². The number of rotatable bonds is 10. The third kappa shape index (κ3) is 7.49. The van der Waals surface area contributed by atoms with Gasteiger partial charge in [-0.05, 0) is 85.2 Å². The van der Waals surface area contributed by atoms with Crippen LogP contribution >= 0.6 is 11.3 Å². The van der Waals surface area contributed by atoms with Crippen LogP contribution < -0.4 is 20.4 Å². The number of amides is 5. The lowest BCUT2D eigenvalue weighted by atomic mass is 9.72. The van der Waals surface area contributed by atoms with E-state index in [9.17, 15) is 29.1 Å². The Labute approximate surface area is 382 Å². The van der Waals surface area contributed by atoms with Gasteiger partial charge in [-0.1, -0.05) is 18.2 Å². The van der Waals surface area contributed by atoms with Gasteiger partial charge in [-0.3, -0.25) is 34.6 Å². The van der Waals surface area contributed by atoms with Gasteiger partial charge in [0.1, 0.15) is 11.6 Å². The Bertz CT molecular complexity index is 2790. The fraction of sp³-hybridized carbons (Fsp3) is 0.396. The van der Waals surface area contributed by atoms with E-state index in [1.807, 2.05) is 33.7 Å². The van der Waals surface area contributed by atoms with E-state index in [0.717, 1.165) is 49.4 Å². The number of fused-ring (bicyclic) bond motifs is 2. The van der Waals surface area contributed by atoms with Crippen molar-refractivity contribution in [2.75, 3.05) is 54.4 Å². The quantitative estimate of drug-likeness (QED) is 0.159. The number of carbonyl (C=O) groups is 5. The van der Waals surface area contributed by atoms with E-state index >= 15 is 8.78 Å². The number of piperidine rings is 2. The zero-order valence-electron chi connectivity index (χ0n) is 36.0. The molecular formula is C48H47F2N9O6S. The normalized spacial score (nSPS) is 21.0. The Kier molecular flexibility index (Phi) is 10.3. The van der Waals surface area contributed by atoms with Crippen LogP contribution in [0.15, 0.2) is 72.5 Å². The summed E-state index contributed by atoms with van der Waals surface area (Å²) in [4.78, 5) is 81.3. The first-order valence-electron chi connectivity index (χ1n) is 22.4. The van der Waals surface area contributed by atoms with Crippen molar-refractivity contribution in [3.63, 3.8) is 0 Å². The molecule has 4 fully saturated rings. The summed E-state index contributed by atoms with van der Waals surface area (Å²) in [5.41, 5.74) is 3.81. The van der Waals surface area contributed by atoms with Gasteiger partial charge in [0.05, 0.1) is 42.2 Å². The molecule has 340 valence electrons. The Hall–Kier alpha value is -6.53. The number of thiazole rings is 1. The van der Waals surface area contributed by atoms with Crippen molar-refractivity contribution in [2.24, 2.45) is 5.41 Å². The Morgan fingerprint density at radius 3 is 2.42 bits per heavy atom. The van der Waals surface area contributed by atoms with Crippen molar-refractivity contribution < 1.29 is 37.9 Å². The molecule has 2 atom stereocenters. The van der Waals surface area contributed by atoms with Gasteiger partial charge in [0.25, 0.3) is 11.8 Å². The van der Waals surface area contributed by atoms with Gasteiger partial charge in [0, 0.05) is 91.7 Å². The summed E-state index contributed by atoms with van der Waals surface area (Å²) < 4.78 is 33.2. The first-order chi connectivity index (χ1) is 31.8. The summed E-state index contributed by atoms with van der Waals surface area (Å²) in [5, 5.41) is 18.7. The topological polar surface area (TPSA) is 173 Å². The Morgan fingerprint density at radius 2 is 1.70 bits per heavy atom. The molecular weight excluding hydrogens is 869 g/mol. The van der Waals surface area contributed by atoms with Gasteiger partial charge in [-0.25, -0.2) is 18.7 Å². The molecule has 66 heavy (non-hydrogen) atoms. The van der Waals surface area contributed by atoms with Crippen LogP contribution in [0.3, 0.4) is 0 Å². The van der Waals surface area contributed by atoms with Gasteiger partial charge in [0.2, 0.25) is 17.7 Å². The Morgan fingerprint density at radius 1 is 0.909 bits per heavy atom. The minimum atomic E-state index is -1.19. The number of benzene rings is 3. The second-order valence-electron chi connectivity index (χ2n) is 18.8. The van der Waals surface area contributed by atoms with Crippen LogP contribution in [0.1, 0.15) is 83.4 Å². The molecule has 3 N–H and O–H groups in total. The third-order valence-electron chi connectivity index (χ3n) is 14.4. The molecule has 2 aromatic heterocycles. The van der Waals surface area contributed by atoms with Crippen LogP contribution in [0, 0.1) is 17.0 Å². The maximum absolute atomic E-state index is 15.9. The summed E-state index contributed by atoms with van der Waals surface area (Å²) in [6, 6.07) is 14.5. The maximum atomic E-state index is 15.9. The number of nitrogens with zero attached hydrogens (tertiary/aromatic N) is 7. The monoisotopic (exact) mass is 915 g/mol. The lowest BCUT2D eigenvalue weighted by molar-refractivity contribution is -0.151. The highest BCUT2D eigenvalue weighted by molar-refractivity contribution is 7.13. The van der Waals surface area contributed by atoms with Crippen LogP contribution in [-0.4, -0.2) is 104 Å². The number of imide groups is 1. The lowest BCUT2D eigenvalue weighted by Gasteiger charge is -2.61. The van der Waals surface area contributed by atoms with E-state index in [0.29, 0.717) is 73.1 Å². The third-order valence-corrected chi connectivity index (χ3v) is 15.1. The van der Waals surface area contributed by atoms with Crippen molar-refractivity contribution in [3.05, 3.63) is 112 Å². The first kappa shape index (κ1) is 42.1. The molecule has 1 spiro atoms. The van der Waals surface area contributed by atoms with Crippen LogP contribution in [0.5, 0.6) is 0 Å². The predicted octanol–water partition coefficient (Wildman–Crippen LogP) is 5.16. The molecule has 6 aliphatic rings. The van der Waals surface area contributed by atoms with E-state index in [1.165, 1.54) is 28.4 Å². The highest BCUT2D eigenvalue weighted by Crippen LogP contribution is 2.44. The number of likely N-dealkylation sites (tertiary alicyclic amines) is 1. The second-order valence-corrected chi connectivity index (χ2v) is 19.7. The number of aliphatic hydroxyl groups is 1. The Balaban J connectivity index is 0.684. The standard InChI is InChI=1S/C48H47F2N9O6S/c49-35-20-30(18-33-34(35)22-59(45(33)64)42(44(63)54-46-51-13-17-66-46)41-38-2-1-14-56(38)27-52-41)28-3-6-31(7-4-28)57-23-47(24-57)25-58(26-47)40(61)21-48(65)11-15-55(16-12-48)37-9-5-29(19-36(37)50)32-8-10-39(60)53-43(32)62/h3-7,9,13,17-20,27,32,42,65H,1-2,8,10-12,14-16,21-26H2,(H,51,54,63)(H,53,60,62). The van der Waals surface area contributed by atoms with Gasteiger partial charge in [-0.2, -0.15) is 0 Å². The molecule has 11 rings (SSSR count). The van der Waals surface area contributed by atoms with Crippen LogP contribution in [-0.2, 0) is 38.7 Å². The number of aromatic nitrogens is 3. The van der Waals surface area contributed by atoms with E-state index in [1.54, 1.807) is 41.0 Å². The zero-order chi connectivity index (χ0) is 45.5. The molecule has 4 saturated heterocycles. The summed E-state index contributed by atoms with van der Waals surface area (Å²) in [5.74, 6) is -3.29. The molecule has 0 bridgehead atoms. The fourth-order valence-corrected chi connectivity index (χ4v) is 11.4. The smallest absolute Gasteiger partial charge is 0.255 e. The average molecular weight is 916 g/mol. The van der Waals surface area contributed by atoms with Crippen molar-refractivity contribution in [3.8, 4) is 11.1 Å². The number of anilines is 3. The van der Waals surface area contributed by atoms with E-state index in [2.05, 4.69) is 25.5 Å². The van der Waals surface area contributed by atoms with Crippen molar-refractivity contribution in [1.82, 2.24) is 29.7 Å². The minimum Gasteiger partial charge on any atom is -0.389 e. The molecule has 8 heterocycles. The van der Waals surface area contributed by atoms with Crippen molar-refractivity contribution in [2.45, 2.75) is 75.6 Å². The van der Waals surface area contributed by atoms with Crippen LogP contribution in [0.2, 0.25) is 0 Å². The molecule has 0 radical (unpaired) electrons. The maximum Gasteiger partial charge on any atom is 0.255 e. The van der Waals surface area contributed by atoms with Crippen molar-refractivity contribution in [1.29, 1.82) is 0 Å². The number of imidazole rings is 1. The fourth-order valence-electron chi connectivity index (χ4n) is 10.9. The summed E-state index contributed by atoms with van der Waals surface area (Å²) in [6.07, 6.45) is 6.08. The second kappa shape index (κ2) is 16.1. The number of carbonyl (C=O) groups excluding carboxylic acids is 5. The highest BCUT2D eigenvalue weighted by atomic mass is 32.1. The number of hydrogen-bond acceptors (Lipinski definition) is 11. The largest absolute Gasteiger partial charge is 0.389 e. The predicted molar refractivity (Wildman–Crippen MR) is 240 cm³/mol. The SMILES string of the molecule is O=C1CCC(c2ccc(N3CCC(O)(CC(=O)N4CC5(C4)CN(c4ccc(-c6cc(F)c7c(c6)C(=O)N(C(C(=O)Nc6nccs6)c6ncn8c6CCC8)C7)cc4)C5)CC3)c(F)c2)C(=O)N1. The van der Waals surface area contributed by atoms with E-state index in [4.69, 9.17) is 0 Å². The van der Waals surface area contributed by atoms with Crippen LogP contribution in [0.4, 0.5) is 25.3 Å². The van der Waals surface area contributed by atoms with Crippen molar-refractivity contribution >= 4 is 57.4 Å². The first-order valence-corrected chi connectivity index (χ1v) is 23.3. The number of halogens is 2. The van der Waals surface area contributed by atoms with Gasteiger partial charge in [-0.15, -0.1) is 11.3 Å².